The third kappa shape index (κ3) is 2.63. The van der Waals surface area contributed by atoms with Crippen molar-refractivity contribution in [3.63, 3.8) is 0 Å². The van der Waals surface area contributed by atoms with Crippen LogP contribution in [0.2, 0.25) is 0 Å². The van der Waals surface area contributed by atoms with Gasteiger partial charge in [-0.25, -0.2) is 4.85 Å². The summed E-state index contributed by atoms with van der Waals surface area (Å²) in [6.45, 7) is 9.09. The number of amides is 1. The summed E-state index contributed by atoms with van der Waals surface area (Å²) in [5.41, 5.74) is 3.03. The molecule has 4 rings (SSSR count). The highest BCUT2D eigenvalue weighted by Gasteiger charge is 2.42. The quantitative estimate of drug-likeness (QED) is 0.672. The zero-order chi connectivity index (χ0) is 19.9. The van der Waals surface area contributed by atoms with Gasteiger partial charge in [0.05, 0.1) is 6.57 Å². The number of nitrogens with one attached hydrogen (secondary N) is 2. The summed E-state index contributed by atoms with van der Waals surface area (Å²) >= 11 is 0. The van der Waals surface area contributed by atoms with Gasteiger partial charge in [-0.15, -0.1) is 0 Å². The van der Waals surface area contributed by atoms with Crippen LogP contribution in [0.15, 0.2) is 59.3 Å². The molecular weight excluding hydrogens is 354 g/mol. The smallest absolute Gasteiger partial charge is 0.265 e. The van der Waals surface area contributed by atoms with Crippen LogP contribution in [0, 0.1) is 12.0 Å². The molecule has 1 aliphatic rings. The molecule has 1 amide bonds. The lowest BCUT2D eigenvalue weighted by molar-refractivity contribution is 0.0868. The summed E-state index contributed by atoms with van der Waals surface area (Å²) in [5, 5.41) is 15.4. The number of fused-ring (bicyclic) bond motifs is 1. The number of nitrogens with zero attached hydrogens (tertiary/aromatic N) is 3. The number of hydrogen-bond donors (Lipinski definition) is 2. The van der Waals surface area contributed by atoms with Gasteiger partial charge in [-0.05, 0) is 35.7 Å². The molecule has 0 saturated heterocycles. The highest BCUT2D eigenvalue weighted by molar-refractivity contribution is 6.07. The van der Waals surface area contributed by atoms with E-state index in [9.17, 15) is 4.79 Å². The summed E-state index contributed by atoms with van der Waals surface area (Å²) in [6.07, 6.45) is 1.32. The molecule has 0 bridgehead atoms. The fourth-order valence-corrected chi connectivity index (χ4v) is 3.38. The minimum atomic E-state index is -0.937. The third-order valence-corrected chi connectivity index (χ3v) is 5.03. The molecule has 28 heavy (non-hydrogen) atoms. The molecule has 1 aliphatic heterocycles. The first-order valence-corrected chi connectivity index (χ1v) is 8.62. The van der Waals surface area contributed by atoms with Gasteiger partial charge in [-0.3, -0.25) is 15.1 Å². The molecule has 1 unspecified atom stereocenters. The van der Waals surface area contributed by atoms with Crippen LogP contribution in [-0.4, -0.2) is 29.0 Å². The van der Waals surface area contributed by atoms with E-state index in [0.717, 1.165) is 16.7 Å². The van der Waals surface area contributed by atoms with Crippen molar-refractivity contribution >= 4 is 17.6 Å². The maximum atomic E-state index is 12.6. The van der Waals surface area contributed by atoms with Gasteiger partial charge in [0.25, 0.3) is 5.91 Å². The minimum Gasteiger partial charge on any atom is -0.364 e. The van der Waals surface area contributed by atoms with E-state index < -0.39 is 5.54 Å². The average molecular weight is 371 g/mol. The number of benzene rings is 2. The third-order valence-electron chi connectivity index (χ3n) is 5.03. The SMILES string of the molecule is [C-]#[N+]c1cccc(-c2cccc(C3(C)NC(=N)N(C)C(=O)c4conc43)c2)c1. The molecule has 1 aromatic heterocycles. The van der Waals surface area contributed by atoms with Gasteiger partial charge in [0.15, 0.2) is 11.6 Å². The molecule has 0 aliphatic carbocycles. The second kappa shape index (κ2) is 6.35. The maximum absolute atomic E-state index is 12.6. The van der Waals surface area contributed by atoms with Gasteiger partial charge < -0.3 is 9.84 Å². The number of rotatable bonds is 2. The van der Waals surface area contributed by atoms with E-state index in [1.165, 1.54) is 18.2 Å². The van der Waals surface area contributed by atoms with E-state index in [1.54, 1.807) is 6.07 Å². The molecule has 0 spiro atoms. The molecule has 2 heterocycles. The minimum absolute atomic E-state index is 0.0223. The van der Waals surface area contributed by atoms with Crippen molar-refractivity contribution in [2.45, 2.75) is 12.5 Å². The first kappa shape index (κ1) is 17.5. The largest absolute Gasteiger partial charge is 0.364 e. The second-order valence-corrected chi connectivity index (χ2v) is 6.78. The van der Waals surface area contributed by atoms with E-state index in [1.807, 2.05) is 49.4 Å². The highest BCUT2D eigenvalue weighted by Crippen LogP contribution is 2.35. The van der Waals surface area contributed by atoms with Crippen LogP contribution in [0.1, 0.15) is 28.5 Å². The number of carbonyl (C=O) groups is 1. The molecule has 2 N–H and O–H groups in total. The predicted molar refractivity (Wildman–Crippen MR) is 104 cm³/mol. The first-order chi connectivity index (χ1) is 13.4. The normalized spacial score (nSPS) is 18.8. The standard InChI is InChI=1S/C21H17N5O2/c1-21(18-17(12-28-25-18)19(27)26(3)20(22)24-21)15-8-4-6-13(10-15)14-7-5-9-16(11-14)23-2/h4-12H,1,3H3,(H2,22,24). The Hall–Kier alpha value is -3.92. The number of carbonyl (C=O) groups excluding carboxylic acids is 1. The van der Waals surface area contributed by atoms with Crippen molar-refractivity contribution in [2.24, 2.45) is 0 Å². The Balaban J connectivity index is 1.87. The number of guanidine groups is 1. The Kier molecular flexibility index (Phi) is 3.97. The lowest BCUT2D eigenvalue weighted by Gasteiger charge is -2.30. The molecule has 0 saturated carbocycles. The van der Waals surface area contributed by atoms with E-state index in [2.05, 4.69) is 15.3 Å². The van der Waals surface area contributed by atoms with Crippen LogP contribution in [0.5, 0.6) is 0 Å². The summed E-state index contributed by atoms with van der Waals surface area (Å²) in [6, 6.07) is 15.1. The molecule has 3 aromatic rings. The topological polar surface area (TPSA) is 86.6 Å². The zero-order valence-electron chi connectivity index (χ0n) is 15.4. The van der Waals surface area contributed by atoms with Crippen molar-refractivity contribution in [3.05, 3.63) is 83.0 Å². The molecule has 2 aromatic carbocycles. The van der Waals surface area contributed by atoms with Crippen molar-refractivity contribution in [1.29, 1.82) is 5.41 Å². The fraction of sp³-hybridized carbons (Fsp3) is 0.143. The van der Waals surface area contributed by atoms with Crippen LogP contribution >= 0.6 is 0 Å². The molecule has 7 heteroatoms. The zero-order valence-corrected chi connectivity index (χ0v) is 15.4. The Morgan fingerprint density at radius 3 is 2.68 bits per heavy atom. The Morgan fingerprint density at radius 2 is 1.93 bits per heavy atom. The van der Waals surface area contributed by atoms with Crippen LogP contribution in [0.3, 0.4) is 0 Å². The summed E-state index contributed by atoms with van der Waals surface area (Å²) in [5.74, 6) is -0.371. The molecule has 0 radical (unpaired) electrons. The molecule has 7 nitrogen and oxygen atoms in total. The highest BCUT2D eigenvalue weighted by atomic mass is 16.5. The van der Waals surface area contributed by atoms with Gasteiger partial charge in [0.1, 0.15) is 23.1 Å². The van der Waals surface area contributed by atoms with Crippen LogP contribution in [-0.2, 0) is 5.54 Å². The summed E-state index contributed by atoms with van der Waals surface area (Å²) in [7, 11) is 1.53. The monoisotopic (exact) mass is 371 g/mol. The lowest BCUT2D eigenvalue weighted by Crippen LogP contribution is -2.48. The lowest BCUT2D eigenvalue weighted by atomic mass is 9.85. The molecule has 1 atom stereocenters. The fourth-order valence-electron chi connectivity index (χ4n) is 3.38. The van der Waals surface area contributed by atoms with Crippen molar-refractivity contribution in [3.8, 4) is 11.1 Å². The van der Waals surface area contributed by atoms with Gasteiger partial charge >= 0.3 is 0 Å². The average Bonchev–Trinajstić information content (AvgIpc) is 3.21. The molecule has 138 valence electrons. The Labute approximate surface area is 161 Å². The Bertz CT molecular complexity index is 1140. The van der Waals surface area contributed by atoms with Gasteiger partial charge in [-0.1, -0.05) is 41.6 Å². The van der Waals surface area contributed by atoms with Crippen molar-refractivity contribution < 1.29 is 9.32 Å². The van der Waals surface area contributed by atoms with Crippen LogP contribution in [0.25, 0.3) is 16.0 Å². The number of hydrogen-bond acceptors (Lipinski definition) is 4. The first-order valence-electron chi connectivity index (χ1n) is 8.62. The van der Waals surface area contributed by atoms with Crippen LogP contribution < -0.4 is 5.32 Å². The van der Waals surface area contributed by atoms with E-state index in [0.29, 0.717) is 16.9 Å². The van der Waals surface area contributed by atoms with Crippen molar-refractivity contribution in [1.82, 2.24) is 15.4 Å². The van der Waals surface area contributed by atoms with Gasteiger partial charge in [0, 0.05) is 7.05 Å². The summed E-state index contributed by atoms with van der Waals surface area (Å²) in [4.78, 5) is 17.3. The van der Waals surface area contributed by atoms with Crippen molar-refractivity contribution in [2.75, 3.05) is 7.05 Å². The molecular formula is C21H17N5O2. The van der Waals surface area contributed by atoms with Gasteiger partial charge in [0.2, 0.25) is 0 Å². The summed E-state index contributed by atoms with van der Waals surface area (Å²) < 4.78 is 5.10. The Morgan fingerprint density at radius 1 is 1.21 bits per heavy atom. The molecule has 0 fully saturated rings. The van der Waals surface area contributed by atoms with E-state index >= 15 is 0 Å². The maximum Gasteiger partial charge on any atom is 0.265 e. The van der Waals surface area contributed by atoms with Gasteiger partial charge in [-0.2, -0.15) is 0 Å². The van der Waals surface area contributed by atoms with Crippen LogP contribution in [0.4, 0.5) is 5.69 Å². The van der Waals surface area contributed by atoms with E-state index in [4.69, 9.17) is 16.5 Å². The number of aromatic nitrogens is 1. The predicted octanol–water partition coefficient (Wildman–Crippen LogP) is 3.77. The van der Waals surface area contributed by atoms with E-state index in [-0.39, 0.29) is 11.9 Å². The second-order valence-electron chi connectivity index (χ2n) is 6.78.